The lowest BCUT2D eigenvalue weighted by Crippen LogP contribution is -2.39. The van der Waals surface area contributed by atoms with Crippen LogP contribution in [0.15, 0.2) is 18.2 Å². The van der Waals surface area contributed by atoms with Crippen molar-refractivity contribution in [2.24, 2.45) is 0 Å². The van der Waals surface area contributed by atoms with Crippen LogP contribution < -0.4 is 15.8 Å². The Bertz CT molecular complexity index is 403. The van der Waals surface area contributed by atoms with E-state index in [1.807, 2.05) is 13.8 Å². The highest BCUT2D eigenvalue weighted by Gasteiger charge is 2.10. The second kappa shape index (κ2) is 6.74. The van der Waals surface area contributed by atoms with Crippen LogP contribution in [0.25, 0.3) is 0 Å². The quantitative estimate of drug-likeness (QED) is 0.784. The van der Waals surface area contributed by atoms with Crippen molar-refractivity contribution in [3.05, 3.63) is 23.8 Å². The Morgan fingerprint density at radius 3 is 2.61 bits per heavy atom. The summed E-state index contributed by atoms with van der Waals surface area (Å²) in [6, 6.07) is 5.30. The number of anilines is 1. The number of rotatable bonds is 5. The number of carbonyl (C=O) groups excluding carboxylic acids is 1. The molecule has 18 heavy (non-hydrogen) atoms. The number of nitrogen functional groups attached to an aromatic ring is 1. The molecule has 100 valence electrons. The van der Waals surface area contributed by atoms with Crippen molar-refractivity contribution < 1.29 is 9.53 Å². The van der Waals surface area contributed by atoms with E-state index >= 15 is 0 Å². The topological polar surface area (TPSA) is 67.6 Å². The third kappa shape index (κ3) is 3.55. The van der Waals surface area contributed by atoms with Gasteiger partial charge < -0.3 is 20.7 Å². The molecule has 1 rings (SSSR count). The molecule has 0 aliphatic heterocycles. The van der Waals surface area contributed by atoms with Gasteiger partial charge in [-0.1, -0.05) is 0 Å². The van der Waals surface area contributed by atoms with Gasteiger partial charge in [-0.05, 0) is 32.0 Å². The van der Waals surface area contributed by atoms with Crippen LogP contribution in [0.1, 0.15) is 19.4 Å². The van der Waals surface area contributed by atoms with Crippen molar-refractivity contribution >= 4 is 11.7 Å². The summed E-state index contributed by atoms with van der Waals surface area (Å²) in [5, 5.41) is 2.85. The van der Waals surface area contributed by atoms with Crippen molar-refractivity contribution in [3.63, 3.8) is 0 Å². The van der Waals surface area contributed by atoms with E-state index in [0.29, 0.717) is 25.3 Å². The summed E-state index contributed by atoms with van der Waals surface area (Å²) < 4.78 is 5.23. The van der Waals surface area contributed by atoms with Gasteiger partial charge in [-0.3, -0.25) is 0 Å². The van der Waals surface area contributed by atoms with Crippen LogP contribution in [0.4, 0.5) is 10.5 Å². The maximum atomic E-state index is 11.8. The summed E-state index contributed by atoms with van der Waals surface area (Å²) in [7, 11) is 1.60. The van der Waals surface area contributed by atoms with Crippen molar-refractivity contribution in [2.45, 2.75) is 20.4 Å². The van der Waals surface area contributed by atoms with Crippen LogP contribution in [0, 0.1) is 0 Å². The standard InChI is InChI=1S/C13H21N3O2/c1-4-16(5-2)13(17)15-9-10-8-11(14)6-7-12(10)18-3/h6-8H,4-5,9,14H2,1-3H3,(H,15,17). The van der Waals surface area contributed by atoms with E-state index in [-0.39, 0.29) is 6.03 Å². The molecule has 0 radical (unpaired) electrons. The predicted molar refractivity (Wildman–Crippen MR) is 72.6 cm³/mol. The van der Waals surface area contributed by atoms with Crippen molar-refractivity contribution in [2.75, 3.05) is 25.9 Å². The molecule has 0 spiro atoms. The van der Waals surface area contributed by atoms with Crippen LogP contribution >= 0.6 is 0 Å². The Kier molecular flexibility index (Phi) is 5.30. The summed E-state index contributed by atoms with van der Waals surface area (Å²) in [6.07, 6.45) is 0. The highest BCUT2D eigenvalue weighted by atomic mass is 16.5. The summed E-state index contributed by atoms with van der Waals surface area (Å²) >= 11 is 0. The van der Waals surface area contributed by atoms with Crippen LogP contribution in [-0.2, 0) is 6.54 Å². The van der Waals surface area contributed by atoms with E-state index in [9.17, 15) is 4.79 Å². The third-order valence-corrected chi connectivity index (χ3v) is 2.79. The number of nitrogens with two attached hydrogens (primary N) is 1. The van der Waals surface area contributed by atoms with Gasteiger partial charge >= 0.3 is 6.03 Å². The van der Waals surface area contributed by atoms with E-state index in [0.717, 1.165) is 11.3 Å². The molecule has 0 unspecified atom stereocenters. The fraction of sp³-hybridized carbons (Fsp3) is 0.462. The van der Waals surface area contributed by atoms with Gasteiger partial charge in [0.05, 0.1) is 7.11 Å². The molecule has 0 atom stereocenters. The monoisotopic (exact) mass is 251 g/mol. The van der Waals surface area contributed by atoms with Crippen LogP contribution in [-0.4, -0.2) is 31.1 Å². The largest absolute Gasteiger partial charge is 0.496 e. The number of methoxy groups -OCH3 is 1. The lowest BCUT2D eigenvalue weighted by atomic mass is 10.2. The zero-order valence-electron chi connectivity index (χ0n) is 11.2. The fourth-order valence-corrected chi connectivity index (χ4v) is 1.73. The fourth-order valence-electron chi connectivity index (χ4n) is 1.73. The molecular weight excluding hydrogens is 230 g/mol. The Morgan fingerprint density at radius 1 is 1.39 bits per heavy atom. The van der Waals surface area contributed by atoms with E-state index < -0.39 is 0 Å². The molecule has 5 heteroatoms. The molecule has 0 heterocycles. The van der Waals surface area contributed by atoms with Gasteiger partial charge in [0.25, 0.3) is 0 Å². The SMILES string of the molecule is CCN(CC)C(=O)NCc1cc(N)ccc1OC. The summed E-state index contributed by atoms with van der Waals surface area (Å²) in [4.78, 5) is 13.5. The summed E-state index contributed by atoms with van der Waals surface area (Å²) in [6.45, 7) is 5.69. The molecule has 0 saturated carbocycles. The highest BCUT2D eigenvalue weighted by molar-refractivity contribution is 5.74. The third-order valence-electron chi connectivity index (χ3n) is 2.79. The van der Waals surface area contributed by atoms with E-state index in [4.69, 9.17) is 10.5 Å². The van der Waals surface area contributed by atoms with Crippen LogP contribution in [0.2, 0.25) is 0 Å². The Balaban J connectivity index is 2.68. The molecule has 0 fully saturated rings. The van der Waals surface area contributed by atoms with Gasteiger partial charge in [0.15, 0.2) is 0 Å². The van der Waals surface area contributed by atoms with Crippen molar-refractivity contribution in [1.82, 2.24) is 10.2 Å². The molecule has 0 aromatic heterocycles. The van der Waals surface area contributed by atoms with Crippen molar-refractivity contribution in [1.29, 1.82) is 0 Å². The molecule has 0 saturated heterocycles. The molecule has 0 bridgehead atoms. The van der Waals surface area contributed by atoms with Crippen LogP contribution in [0.3, 0.4) is 0 Å². The highest BCUT2D eigenvalue weighted by Crippen LogP contribution is 2.20. The molecular formula is C13H21N3O2. The number of hydrogen-bond donors (Lipinski definition) is 2. The number of ether oxygens (including phenoxy) is 1. The first-order valence-electron chi connectivity index (χ1n) is 6.07. The molecule has 3 N–H and O–H groups in total. The second-order valence-corrected chi connectivity index (χ2v) is 3.90. The molecule has 2 amide bonds. The summed E-state index contributed by atoms with van der Waals surface area (Å²) in [5.74, 6) is 0.726. The summed E-state index contributed by atoms with van der Waals surface area (Å²) in [5.41, 5.74) is 7.25. The molecule has 5 nitrogen and oxygen atoms in total. The predicted octanol–water partition coefficient (Wildman–Crippen LogP) is 1.83. The Morgan fingerprint density at radius 2 is 2.06 bits per heavy atom. The Labute approximate surface area is 108 Å². The van der Waals surface area contributed by atoms with Gasteiger partial charge in [-0.15, -0.1) is 0 Å². The van der Waals surface area contributed by atoms with Gasteiger partial charge in [0, 0.05) is 30.9 Å². The lowest BCUT2D eigenvalue weighted by molar-refractivity contribution is 0.202. The number of nitrogens with zero attached hydrogens (tertiary/aromatic N) is 1. The average molecular weight is 251 g/mol. The van der Waals surface area contributed by atoms with Gasteiger partial charge in [-0.25, -0.2) is 4.79 Å². The minimum absolute atomic E-state index is 0.0792. The number of hydrogen-bond acceptors (Lipinski definition) is 3. The van der Waals surface area contributed by atoms with Gasteiger partial charge in [0.1, 0.15) is 5.75 Å². The van der Waals surface area contributed by atoms with E-state index in [1.54, 1.807) is 30.2 Å². The average Bonchev–Trinajstić information content (AvgIpc) is 2.38. The molecule has 0 aliphatic carbocycles. The molecule has 1 aromatic rings. The number of carbonyl (C=O) groups is 1. The molecule has 1 aromatic carbocycles. The maximum Gasteiger partial charge on any atom is 0.317 e. The first-order valence-corrected chi connectivity index (χ1v) is 6.07. The van der Waals surface area contributed by atoms with E-state index in [1.165, 1.54) is 0 Å². The first kappa shape index (κ1) is 14.2. The molecule has 0 aliphatic rings. The zero-order valence-corrected chi connectivity index (χ0v) is 11.2. The lowest BCUT2D eigenvalue weighted by Gasteiger charge is -2.19. The zero-order chi connectivity index (χ0) is 13.5. The maximum absolute atomic E-state index is 11.8. The number of benzene rings is 1. The smallest absolute Gasteiger partial charge is 0.317 e. The normalized spacial score (nSPS) is 9.94. The number of urea groups is 1. The first-order chi connectivity index (χ1) is 8.62. The van der Waals surface area contributed by atoms with Crippen molar-refractivity contribution in [3.8, 4) is 5.75 Å². The van der Waals surface area contributed by atoms with Gasteiger partial charge in [-0.2, -0.15) is 0 Å². The number of nitrogens with one attached hydrogen (secondary N) is 1. The van der Waals surface area contributed by atoms with Crippen LogP contribution in [0.5, 0.6) is 5.75 Å². The minimum atomic E-state index is -0.0792. The van der Waals surface area contributed by atoms with E-state index in [2.05, 4.69) is 5.32 Å². The number of amides is 2. The second-order valence-electron chi connectivity index (χ2n) is 3.90. The Hall–Kier alpha value is -1.91. The van der Waals surface area contributed by atoms with Gasteiger partial charge in [0.2, 0.25) is 0 Å². The minimum Gasteiger partial charge on any atom is -0.496 e.